The summed E-state index contributed by atoms with van der Waals surface area (Å²) in [4.78, 5) is 12.6. The summed E-state index contributed by atoms with van der Waals surface area (Å²) in [6, 6.07) is 6.06. The molecule has 2 aliphatic rings. The number of fused-ring (bicyclic) bond motifs is 2. The Bertz CT molecular complexity index is 721. The molecule has 0 saturated carbocycles. The molecule has 24 heavy (non-hydrogen) atoms. The molecule has 1 amide bonds. The lowest BCUT2D eigenvalue weighted by molar-refractivity contribution is -0.117. The lowest BCUT2D eigenvalue weighted by Gasteiger charge is -2.28. The predicted molar refractivity (Wildman–Crippen MR) is 93.3 cm³/mol. The topological polar surface area (TPSA) is 87.3 Å². The Morgan fingerprint density at radius 2 is 1.92 bits per heavy atom. The van der Waals surface area contributed by atoms with Gasteiger partial charge in [-0.2, -0.15) is 0 Å². The summed E-state index contributed by atoms with van der Waals surface area (Å²) in [6.07, 6.45) is 5.03. The minimum atomic E-state index is -3.53. The maximum Gasteiger partial charge on any atom is 0.240 e. The van der Waals surface area contributed by atoms with Gasteiger partial charge >= 0.3 is 0 Å². The van der Waals surface area contributed by atoms with Gasteiger partial charge < -0.3 is 10.6 Å². The standard InChI is InChI=1S/C17H25N3O3S/c1-11-15(4-3-5-16(11)24(22,23)18-2)20-17(21)10-12-8-13-6-7-14(9-12)19-13/h3-5,12-14,18-19H,6-10H2,1-2H3,(H,20,21). The van der Waals surface area contributed by atoms with Crippen molar-refractivity contribution in [3.63, 3.8) is 0 Å². The van der Waals surface area contributed by atoms with Gasteiger partial charge in [-0.3, -0.25) is 4.79 Å². The number of anilines is 1. The van der Waals surface area contributed by atoms with E-state index in [1.807, 2.05) is 0 Å². The molecule has 1 aromatic rings. The summed E-state index contributed by atoms with van der Waals surface area (Å²) in [5, 5.41) is 6.47. The molecule has 2 aliphatic heterocycles. The number of amides is 1. The average molecular weight is 351 g/mol. The van der Waals surface area contributed by atoms with E-state index in [0.29, 0.717) is 35.7 Å². The maximum atomic E-state index is 12.4. The van der Waals surface area contributed by atoms with Crippen molar-refractivity contribution in [3.8, 4) is 0 Å². The van der Waals surface area contributed by atoms with Crippen LogP contribution < -0.4 is 15.4 Å². The highest BCUT2D eigenvalue weighted by molar-refractivity contribution is 7.89. The Balaban J connectivity index is 1.67. The van der Waals surface area contributed by atoms with Crippen molar-refractivity contribution in [2.24, 2.45) is 5.92 Å². The zero-order valence-corrected chi connectivity index (χ0v) is 14.9. The third-order valence-corrected chi connectivity index (χ3v) is 6.72. The Kier molecular flexibility index (Phi) is 4.94. The maximum absolute atomic E-state index is 12.4. The van der Waals surface area contributed by atoms with Gasteiger partial charge in [-0.1, -0.05) is 6.07 Å². The average Bonchev–Trinajstić information content (AvgIpc) is 2.88. The van der Waals surface area contributed by atoms with Crippen LogP contribution in [0.3, 0.4) is 0 Å². The molecule has 2 saturated heterocycles. The number of nitrogens with one attached hydrogen (secondary N) is 3. The van der Waals surface area contributed by atoms with Crippen LogP contribution in [0.4, 0.5) is 5.69 Å². The van der Waals surface area contributed by atoms with Crippen molar-refractivity contribution >= 4 is 21.6 Å². The molecular weight excluding hydrogens is 326 g/mol. The van der Waals surface area contributed by atoms with Crippen molar-refractivity contribution < 1.29 is 13.2 Å². The molecule has 2 heterocycles. The van der Waals surface area contributed by atoms with Crippen LogP contribution in [0.5, 0.6) is 0 Å². The van der Waals surface area contributed by atoms with Gasteiger partial charge in [0, 0.05) is 24.2 Å². The summed E-state index contributed by atoms with van der Waals surface area (Å²) >= 11 is 0. The lowest BCUT2D eigenvalue weighted by atomic mass is 9.89. The third-order valence-electron chi connectivity index (χ3n) is 5.16. The fourth-order valence-electron chi connectivity index (χ4n) is 3.96. The van der Waals surface area contributed by atoms with Crippen molar-refractivity contribution in [2.45, 2.75) is 56.0 Å². The number of hydrogen-bond donors (Lipinski definition) is 3. The van der Waals surface area contributed by atoms with Crippen LogP contribution in [0, 0.1) is 12.8 Å². The minimum Gasteiger partial charge on any atom is -0.326 e. The molecule has 0 spiro atoms. The molecule has 1 aromatic carbocycles. The van der Waals surface area contributed by atoms with Gasteiger partial charge in [0.1, 0.15) is 0 Å². The summed E-state index contributed by atoms with van der Waals surface area (Å²) in [7, 11) is -2.15. The fourth-order valence-corrected chi connectivity index (χ4v) is 4.95. The lowest BCUT2D eigenvalue weighted by Crippen LogP contribution is -2.39. The number of carbonyl (C=O) groups is 1. The number of hydrogen-bond acceptors (Lipinski definition) is 4. The van der Waals surface area contributed by atoms with E-state index in [9.17, 15) is 13.2 Å². The van der Waals surface area contributed by atoms with Crippen LogP contribution in [0.15, 0.2) is 23.1 Å². The Labute approximate surface area is 143 Å². The Morgan fingerprint density at radius 3 is 2.54 bits per heavy atom. The van der Waals surface area contributed by atoms with Crippen molar-refractivity contribution in [1.82, 2.24) is 10.0 Å². The highest BCUT2D eigenvalue weighted by Crippen LogP contribution is 2.33. The molecule has 132 valence electrons. The molecule has 3 rings (SSSR count). The van der Waals surface area contributed by atoms with Crippen LogP contribution in [0.1, 0.15) is 37.7 Å². The summed E-state index contributed by atoms with van der Waals surface area (Å²) < 4.78 is 26.4. The normalized spacial score (nSPS) is 26.3. The van der Waals surface area contributed by atoms with Gasteiger partial charge in [-0.05, 0) is 63.3 Å². The van der Waals surface area contributed by atoms with Crippen molar-refractivity contribution in [3.05, 3.63) is 23.8 Å². The molecule has 2 bridgehead atoms. The third kappa shape index (κ3) is 3.63. The van der Waals surface area contributed by atoms with Crippen LogP contribution in [-0.2, 0) is 14.8 Å². The monoisotopic (exact) mass is 351 g/mol. The van der Waals surface area contributed by atoms with E-state index in [-0.39, 0.29) is 10.8 Å². The molecule has 2 unspecified atom stereocenters. The summed E-state index contributed by atoms with van der Waals surface area (Å²) in [5.41, 5.74) is 1.12. The first-order valence-electron chi connectivity index (χ1n) is 8.48. The second kappa shape index (κ2) is 6.82. The van der Waals surface area contributed by atoms with Gasteiger partial charge in [-0.15, -0.1) is 0 Å². The van der Waals surface area contributed by atoms with Gasteiger partial charge in [0.25, 0.3) is 0 Å². The van der Waals surface area contributed by atoms with E-state index in [4.69, 9.17) is 0 Å². The van der Waals surface area contributed by atoms with Crippen LogP contribution >= 0.6 is 0 Å². The van der Waals surface area contributed by atoms with E-state index in [1.165, 1.54) is 19.9 Å². The number of piperidine rings is 1. The van der Waals surface area contributed by atoms with Gasteiger partial charge in [0.15, 0.2) is 0 Å². The number of rotatable bonds is 5. The molecule has 7 heteroatoms. The Hall–Kier alpha value is -1.44. The minimum absolute atomic E-state index is 0.0385. The molecule has 0 radical (unpaired) electrons. The van der Waals surface area contributed by atoms with Gasteiger partial charge in [0.05, 0.1) is 4.90 Å². The smallest absolute Gasteiger partial charge is 0.240 e. The van der Waals surface area contributed by atoms with Gasteiger partial charge in [-0.25, -0.2) is 13.1 Å². The quantitative estimate of drug-likeness (QED) is 0.754. The zero-order valence-electron chi connectivity index (χ0n) is 14.1. The van der Waals surface area contributed by atoms with Crippen LogP contribution in [0.2, 0.25) is 0 Å². The first-order chi connectivity index (χ1) is 11.4. The largest absolute Gasteiger partial charge is 0.326 e. The first-order valence-corrected chi connectivity index (χ1v) is 9.96. The second-order valence-corrected chi connectivity index (χ2v) is 8.72. The van der Waals surface area contributed by atoms with Crippen molar-refractivity contribution in [2.75, 3.05) is 12.4 Å². The second-order valence-electron chi connectivity index (χ2n) is 6.86. The van der Waals surface area contributed by atoms with Crippen LogP contribution in [-0.4, -0.2) is 33.5 Å². The van der Waals surface area contributed by atoms with E-state index < -0.39 is 10.0 Å². The molecule has 0 aliphatic carbocycles. The van der Waals surface area contributed by atoms with E-state index in [0.717, 1.165) is 12.8 Å². The highest BCUT2D eigenvalue weighted by Gasteiger charge is 2.34. The SMILES string of the molecule is CNS(=O)(=O)c1cccc(NC(=O)CC2CC3CCC(C2)N3)c1C. The molecule has 3 N–H and O–H groups in total. The van der Waals surface area contributed by atoms with Crippen molar-refractivity contribution in [1.29, 1.82) is 0 Å². The van der Waals surface area contributed by atoms with Crippen LogP contribution in [0.25, 0.3) is 0 Å². The van der Waals surface area contributed by atoms with E-state index in [1.54, 1.807) is 25.1 Å². The highest BCUT2D eigenvalue weighted by atomic mass is 32.2. The van der Waals surface area contributed by atoms with E-state index in [2.05, 4.69) is 15.4 Å². The summed E-state index contributed by atoms with van der Waals surface area (Å²) in [5.74, 6) is 0.372. The number of sulfonamides is 1. The number of benzene rings is 1. The molecule has 2 fully saturated rings. The van der Waals surface area contributed by atoms with Gasteiger partial charge in [0.2, 0.25) is 15.9 Å². The fraction of sp³-hybridized carbons (Fsp3) is 0.588. The molecule has 0 aromatic heterocycles. The Morgan fingerprint density at radius 1 is 1.25 bits per heavy atom. The molecule has 2 atom stereocenters. The first kappa shape index (κ1) is 17.4. The molecular formula is C17H25N3O3S. The van der Waals surface area contributed by atoms with E-state index >= 15 is 0 Å². The molecule has 6 nitrogen and oxygen atoms in total. The zero-order chi connectivity index (χ0) is 17.3. The summed E-state index contributed by atoms with van der Waals surface area (Å²) in [6.45, 7) is 1.71. The predicted octanol–water partition coefficient (Wildman–Crippen LogP) is 1.76. The number of carbonyl (C=O) groups excluding carboxylic acids is 1.